The maximum absolute atomic E-state index is 12.4. The van der Waals surface area contributed by atoms with Crippen molar-refractivity contribution in [3.05, 3.63) is 54.9 Å². The first-order valence-electron chi connectivity index (χ1n) is 7.20. The first-order valence-corrected chi connectivity index (χ1v) is 7.20. The fraction of sp³-hybridized carbons (Fsp3) is 0.118. The lowest BCUT2D eigenvalue weighted by atomic mass is 10.2. The zero-order valence-corrected chi connectivity index (χ0v) is 12.1. The molecule has 23 heavy (non-hydrogen) atoms. The molecule has 6 nitrogen and oxygen atoms in total. The Hall–Kier alpha value is -3.15. The van der Waals surface area contributed by atoms with Crippen LogP contribution in [0.3, 0.4) is 0 Å². The van der Waals surface area contributed by atoms with Gasteiger partial charge in [0.2, 0.25) is 6.10 Å². The van der Waals surface area contributed by atoms with E-state index in [4.69, 9.17) is 9.47 Å². The standard InChI is InChI=1S/C17H13N3O3/c21-17(16-10-22-14-3-1-2-4-15(14)23-16)20-11-5-6-12-13(9-11)19-8-7-18-12/h1-9,16H,10H2,(H,20,21). The number of rotatable bonds is 2. The normalized spacial score (nSPS) is 16.1. The highest BCUT2D eigenvalue weighted by Gasteiger charge is 2.27. The van der Waals surface area contributed by atoms with Crippen molar-refractivity contribution in [2.75, 3.05) is 11.9 Å². The Morgan fingerprint density at radius 3 is 2.70 bits per heavy atom. The number of carbonyl (C=O) groups is 1. The number of amides is 1. The summed E-state index contributed by atoms with van der Waals surface area (Å²) in [5, 5.41) is 2.82. The van der Waals surface area contributed by atoms with Gasteiger partial charge in [-0.25, -0.2) is 0 Å². The minimum atomic E-state index is -0.692. The van der Waals surface area contributed by atoms with Crippen LogP contribution in [0.25, 0.3) is 11.0 Å². The Kier molecular flexibility index (Phi) is 3.27. The lowest BCUT2D eigenvalue weighted by Crippen LogP contribution is -2.40. The summed E-state index contributed by atoms with van der Waals surface area (Å²) in [6.07, 6.45) is 2.55. The van der Waals surface area contributed by atoms with Crippen molar-refractivity contribution in [2.45, 2.75) is 6.10 Å². The van der Waals surface area contributed by atoms with Crippen molar-refractivity contribution in [3.63, 3.8) is 0 Å². The maximum atomic E-state index is 12.4. The molecule has 3 aromatic rings. The molecular formula is C17H13N3O3. The molecule has 2 aromatic carbocycles. The van der Waals surface area contributed by atoms with E-state index in [0.717, 1.165) is 11.0 Å². The topological polar surface area (TPSA) is 73.3 Å². The van der Waals surface area contributed by atoms with Crippen molar-refractivity contribution in [1.82, 2.24) is 9.97 Å². The second kappa shape index (κ2) is 5.57. The Balaban J connectivity index is 1.51. The maximum Gasteiger partial charge on any atom is 0.269 e. The van der Waals surface area contributed by atoms with Crippen molar-refractivity contribution in [2.24, 2.45) is 0 Å². The van der Waals surface area contributed by atoms with Gasteiger partial charge in [-0.2, -0.15) is 0 Å². The van der Waals surface area contributed by atoms with Crippen molar-refractivity contribution < 1.29 is 14.3 Å². The molecule has 0 saturated carbocycles. The summed E-state index contributed by atoms with van der Waals surface area (Å²) in [6, 6.07) is 12.7. The largest absolute Gasteiger partial charge is 0.485 e. The van der Waals surface area contributed by atoms with E-state index in [-0.39, 0.29) is 12.5 Å². The number of nitrogens with zero attached hydrogens (tertiary/aromatic N) is 2. The molecule has 1 aliphatic heterocycles. The van der Waals surface area contributed by atoms with Gasteiger partial charge < -0.3 is 14.8 Å². The molecule has 0 bridgehead atoms. The van der Waals surface area contributed by atoms with Gasteiger partial charge in [0, 0.05) is 18.1 Å². The molecule has 114 valence electrons. The highest BCUT2D eigenvalue weighted by atomic mass is 16.6. The molecule has 0 saturated heterocycles. The average Bonchev–Trinajstić information content (AvgIpc) is 2.61. The highest BCUT2D eigenvalue weighted by molar-refractivity contribution is 5.96. The zero-order chi connectivity index (χ0) is 15.6. The smallest absolute Gasteiger partial charge is 0.269 e. The van der Waals surface area contributed by atoms with Gasteiger partial charge in [-0.15, -0.1) is 0 Å². The number of para-hydroxylation sites is 2. The molecule has 0 aliphatic carbocycles. The number of nitrogens with one attached hydrogen (secondary N) is 1. The number of fused-ring (bicyclic) bond motifs is 2. The van der Waals surface area contributed by atoms with Crippen molar-refractivity contribution in [1.29, 1.82) is 0 Å². The summed E-state index contributed by atoms with van der Waals surface area (Å²) in [6.45, 7) is 0.177. The highest BCUT2D eigenvalue weighted by Crippen LogP contribution is 2.31. The summed E-state index contributed by atoms with van der Waals surface area (Å²) in [5.74, 6) is 0.962. The van der Waals surface area contributed by atoms with E-state index in [1.807, 2.05) is 24.3 Å². The number of hydrogen-bond donors (Lipinski definition) is 1. The number of anilines is 1. The van der Waals surface area contributed by atoms with Gasteiger partial charge in [-0.3, -0.25) is 14.8 Å². The van der Waals surface area contributed by atoms with Crippen LogP contribution in [-0.4, -0.2) is 28.6 Å². The molecule has 1 aliphatic rings. The van der Waals surface area contributed by atoms with E-state index in [0.29, 0.717) is 17.2 Å². The van der Waals surface area contributed by atoms with Crippen LogP contribution < -0.4 is 14.8 Å². The molecular weight excluding hydrogens is 294 g/mol. The predicted molar refractivity (Wildman–Crippen MR) is 84.5 cm³/mol. The minimum Gasteiger partial charge on any atom is -0.485 e. The molecule has 4 rings (SSSR count). The van der Waals surface area contributed by atoms with Gasteiger partial charge in [-0.05, 0) is 30.3 Å². The van der Waals surface area contributed by atoms with Crippen LogP contribution >= 0.6 is 0 Å². The fourth-order valence-electron chi connectivity index (χ4n) is 2.41. The van der Waals surface area contributed by atoms with Gasteiger partial charge in [0.05, 0.1) is 11.0 Å². The lowest BCUT2D eigenvalue weighted by Gasteiger charge is -2.25. The minimum absolute atomic E-state index is 0.177. The van der Waals surface area contributed by atoms with Crippen LogP contribution in [0, 0.1) is 0 Å². The quantitative estimate of drug-likeness (QED) is 0.787. The average molecular weight is 307 g/mol. The van der Waals surface area contributed by atoms with Crippen LogP contribution in [-0.2, 0) is 4.79 Å². The third kappa shape index (κ3) is 2.66. The van der Waals surface area contributed by atoms with Crippen molar-refractivity contribution in [3.8, 4) is 11.5 Å². The number of carbonyl (C=O) groups excluding carboxylic acids is 1. The van der Waals surface area contributed by atoms with E-state index in [2.05, 4.69) is 15.3 Å². The van der Waals surface area contributed by atoms with Gasteiger partial charge in [0.25, 0.3) is 5.91 Å². The molecule has 1 atom stereocenters. The van der Waals surface area contributed by atoms with E-state index < -0.39 is 6.10 Å². The number of ether oxygens (including phenoxy) is 2. The Labute approximate surface area is 132 Å². The second-order valence-electron chi connectivity index (χ2n) is 5.11. The molecule has 6 heteroatoms. The third-order valence-corrected chi connectivity index (χ3v) is 3.54. The fourth-order valence-corrected chi connectivity index (χ4v) is 2.41. The molecule has 0 radical (unpaired) electrons. The van der Waals surface area contributed by atoms with Crippen LogP contribution in [0.4, 0.5) is 5.69 Å². The molecule has 0 fully saturated rings. The number of aromatic nitrogens is 2. The van der Waals surface area contributed by atoms with Crippen LogP contribution in [0.5, 0.6) is 11.5 Å². The van der Waals surface area contributed by atoms with Crippen LogP contribution in [0.15, 0.2) is 54.9 Å². The van der Waals surface area contributed by atoms with Crippen LogP contribution in [0.1, 0.15) is 0 Å². The summed E-state index contributed by atoms with van der Waals surface area (Å²) in [7, 11) is 0. The molecule has 1 unspecified atom stereocenters. The van der Waals surface area contributed by atoms with Crippen molar-refractivity contribution >= 4 is 22.6 Å². The van der Waals surface area contributed by atoms with E-state index in [9.17, 15) is 4.79 Å². The number of hydrogen-bond acceptors (Lipinski definition) is 5. The molecule has 2 heterocycles. The van der Waals surface area contributed by atoms with E-state index >= 15 is 0 Å². The Morgan fingerprint density at radius 2 is 1.83 bits per heavy atom. The molecule has 1 amide bonds. The second-order valence-corrected chi connectivity index (χ2v) is 5.11. The van der Waals surface area contributed by atoms with Gasteiger partial charge in [-0.1, -0.05) is 12.1 Å². The number of benzene rings is 2. The Morgan fingerprint density at radius 1 is 1.04 bits per heavy atom. The first-order chi connectivity index (χ1) is 11.3. The SMILES string of the molecule is O=C(Nc1ccc2nccnc2c1)C1COc2ccccc2O1. The van der Waals surface area contributed by atoms with Gasteiger partial charge >= 0.3 is 0 Å². The van der Waals surface area contributed by atoms with Crippen LogP contribution in [0.2, 0.25) is 0 Å². The van der Waals surface area contributed by atoms with E-state index in [1.165, 1.54) is 0 Å². The van der Waals surface area contributed by atoms with Gasteiger partial charge in [0.15, 0.2) is 11.5 Å². The summed E-state index contributed by atoms with van der Waals surface area (Å²) in [4.78, 5) is 20.8. The molecule has 1 N–H and O–H groups in total. The van der Waals surface area contributed by atoms with Gasteiger partial charge in [0.1, 0.15) is 6.61 Å². The first kappa shape index (κ1) is 13.5. The summed E-state index contributed by atoms with van der Waals surface area (Å²) >= 11 is 0. The Bertz CT molecular complexity index is 882. The summed E-state index contributed by atoms with van der Waals surface area (Å²) < 4.78 is 11.2. The monoisotopic (exact) mass is 307 g/mol. The predicted octanol–water partition coefficient (Wildman–Crippen LogP) is 2.41. The molecule has 0 spiro atoms. The summed E-state index contributed by atoms with van der Waals surface area (Å²) in [5.41, 5.74) is 2.14. The zero-order valence-electron chi connectivity index (χ0n) is 12.1. The van der Waals surface area contributed by atoms with E-state index in [1.54, 1.807) is 30.6 Å². The lowest BCUT2D eigenvalue weighted by molar-refractivity contribution is -0.125. The molecule has 1 aromatic heterocycles. The third-order valence-electron chi connectivity index (χ3n) is 3.54.